The molecule has 0 aromatic heterocycles. The first-order chi connectivity index (χ1) is 6.00. The summed E-state index contributed by atoms with van der Waals surface area (Å²) >= 11 is 0. The molecule has 13 heavy (non-hydrogen) atoms. The SMILES string of the molecule is CN(C)C(=O)NC1CN(C(=O)O)C1. The fraction of sp³-hybridized carbons (Fsp3) is 0.714. The van der Waals surface area contributed by atoms with Crippen molar-refractivity contribution < 1.29 is 14.7 Å². The molecule has 1 heterocycles. The van der Waals surface area contributed by atoms with Gasteiger partial charge in [-0.1, -0.05) is 0 Å². The molecule has 1 saturated heterocycles. The molecule has 0 saturated carbocycles. The number of carbonyl (C=O) groups excluding carboxylic acids is 1. The van der Waals surface area contributed by atoms with Crippen LogP contribution < -0.4 is 5.32 Å². The van der Waals surface area contributed by atoms with Gasteiger partial charge in [0.15, 0.2) is 0 Å². The van der Waals surface area contributed by atoms with Gasteiger partial charge in [-0.15, -0.1) is 0 Å². The van der Waals surface area contributed by atoms with Crippen LogP contribution >= 0.6 is 0 Å². The number of hydrogen-bond acceptors (Lipinski definition) is 2. The van der Waals surface area contributed by atoms with Crippen LogP contribution in [-0.4, -0.2) is 60.3 Å². The number of carbonyl (C=O) groups is 2. The first-order valence-electron chi connectivity index (χ1n) is 3.96. The van der Waals surface area contributed by atoms with E-state index < -0.39 is 6.09 Å². The van der Waals surface area contributed by atoms with Gasteiger partial charge < -0.3 is 20.2 Å². The van der Waals surface area contributed by atoms with E-state index in [0.29, 0.717) is 13.1 Å². The largest absolute Gasteiger partial charge is 0.465 e. The van der Waals surface area contributed by atoms with Crippen molar-refractivity contribution in [3.63, 3.8) is 0 Å². The van der Waals surface area contributed by atoms with Crippen LogP contribution in [0.3, 0.4) is 0 Å². The second kappa shape index (κ2) is 3.51. The molecule has 1 aliphatic rings. The van der Waals surface area contributed by atoms with E-state index in [1.807, 2.05) is 0 Å². The van der Waals surface area contributed by atoms with E-state index in [9.17, 15) is 9.59 Å². The van der Waals surface area contributed by atoms with E-state index in [4.69, 9.17) is 5.11 Å². The Morgan fingerprint density at radius 3 is 2.38 bits per heavy atom. The topological polar surface area (TPSA) is 72.9 Å². The molecule has 74 valence electrons. The molecule has 1 fully saturated rings. The number of likely N-dealkylation sites (tertiary alicyclic amines) is 1. The summed E-state index contributed by atoms with van der Waals surface area (Å²) in [6, 6.07) is -0.221. The highest BCUT2D eigenvalue weighted by Crippen LogP contribution is 2.07. The van der Waals surface area contributed by atoms with E-state index in [2.05, 4.69) is 5.32 Å². The molecule has 1 aliphatic heterocycles. The average molecular weight is 187 g/mol. The molecule has 0 atom stereocenters. The normalized spacial score (nSPS) is 16.3. The molecule has 0 aromatic rings. The van der Waals surface area contributed by atoms with Crippen LogP contribution in [0.2, 0.25) is 0 Å². The third-order valence-electron chi connectivity index (χ3n) is 1.89. The van der Waals surface area contributed by atoms with Gasteiger partial charge in [-0.2, -0.15) is 0 Å². The molecule has 0 aromatic carbocycles. The van der Waals surface area contributed by atoms with Crippen LogP contribution in [-0.2, 0) is 0 Å². The van der Waals surface area contributed by atoms with Crippen LogP contribution in [0.4, 0.5) is 9.59 Å². The zero-order chi connectivity index (χ0) is 10.0. The lowest BCUT2D eigenvalue weighted by Gasteiger charge is -2.37. The van der Waals surface area contributed by atoms with Gasteiger partial charge in [0.1, 0.15) is 0 Å². The van der Waals surface area contributed by atoms with Gasteiger partial charge in [-0.3, -0.25) is 0 Å². The Balaban J connectivity index is 2.22. The summed E-state index contributed by atoms with van der Waals surface area (Å²) in [4.78, 5) is 24.1. The summed E-state index contributed by atoms with van der Waals surface area (Å²) in [6.07, 6.45) is -0.935. The highest BCUT2D eigenvalue weighted by atomic mass is 16.4. The lowest BCUT2D eigenvalue weighted by Crippen LogP contribution is -2.61. The van der Waals surface area contributed by atoms with E-state index >= 15 is 0 Å². The molecule has 6 heteroatoms. The molecule has 0 radical (unpaired) electrons. The number of hydrogen-bond donors (Lipinski definition) is 2. The Morgan fingerprint density at radius 2 is 2.00 bits per heavy atom. The van der Waals surface area contributed by atoms with Crippen molar-refractivity contribution >= 4 is 12.1 Å². The number of carboxylic acid groups (broad SMARTS) is 1. The lowest BCUT2D eigenvalue weighted by atomic mass is 10.1. The summed E-state index contributed by atoms with van der Waals surface area (Å²) in [6.45, 7) is 0.768. The van der Waals surface area contributed by atoms with E-state index in [1.54, 1.807) is 14.1 Å². The third-order valence-corrected chi connectivity index (χ3v) is 1.89. The molecule has 6 nitrogen and oxygen atoms in total. The molecule has 2 N–H and O–H groups in total. The predicted molar refractivity (Wildman–Crippen MR) is 45.6 cm³/mol. The maximum absolute atomic E-state index is 11.1. The maximum atomic E-state index is 11.1. The molecule has 0 unspecified atom stereocenters. The fourth-order valence-electron chi connectivity index (χ4n) is 1.03. The molecule has 0 aliphatic carbocycles. The fourth-order valence-corrected chi connectivity index (χ4v) is 1.03. The summed E-state index contributed by atoms with van der Waals surface area (Å²) in [5, 5.41) is 11.2. The van der Waals surface area contributed by atoms with E-state index in [0.717, 1.165) is 0 Å². The Labute approximate surface area is 76.1 Å². The van der Waals surface area contributed by atoms with Crippen LogP contribution in [0, 0.1) is 0 Å². The van der Waals surface area contributed by atoms with Crippen LogP contribution in [0.5, 0.6) is 0 Å². The Hall–Kier alpha value is -1.46. The minimum absolute atomic E-state index is 0.0361. The van der Waals surface area contributed by atoms with Gasteiger partial charge in [-0.25, -0.2) is 9.59 Å². The predicted octanol–water partition coefficient (Wildman–Crippen LogP) is -0.380. The lowest BCUT2D eigenvalue weighted by molar-refractivity contribution is 0.0962. The third kappa shape index (κ3) is 2.24. The number of urea groups is 1. The van der Waals surface area contributed by atoms with Gasteiger partial charge in [-0.05, 0) is 0 Å². The van der Waals surface area contributed by atoms with Crippen molar-refractivity contribution in [3.8, 4) is 0 Å². The molecule has 0 spiro atoms. The molecule has 3 amide bonds. The van der Waals surface area contributed by atoms with Gasteiger partial charge in [0.05, 0.1) is 6.04 Å². The quantitative estimate of drug-likeness (QED) is 0.587. The van der Waals surface area contributed by atoms with Crippen LogP contribution in [0.25, 0.3) is 0 Å². The number of rotatable bonds is 1. The summed E-state index contributed by atoms with van der Waals surface area (Å²) < 4.78 is 0. The van der Waals surface area contributed by atoms with Crippen LogP contribution in [0.15, 0.2) is 0 Å². The second-order valence-electron chi connectivity index (χ2n) is 3.23. The Kier molecular flexibility index (Phi) is 2.60. The molecular formula is C7H13N3O3. The van der Waals surface area contributed by atoms with Crippen molar-refractivity contribution in [2.45, 2.75) is 6.04 Å². The average Bonchev–Trinajstić information content (AvgIpc) is 1.94. The highest BCUT2D eigenvalue weighted by Gasteiger charge is 2.31. The van der Waals surface area contributed by atoms with Crippen molar-refractivity contribution in [2.24, 2.45) is 0 Å². The van der Waals surface area contributed by atoms with Crippen molar-refractivity contribution in [2.75, 3.05) is 27.2 Å². The first-order valence-corrected chi connectivity index (χ1v) is 3.96. The monoisotopic (exact) mass is 187 g/mol. The minimum Gasteiger partial charge on any atom is -0.465 e. The van der Waals surface area contributed by atoms with Gasteiger partial charge >= 0.3 is 12.1 Å². The summed E-state index contributed by atoms with van der Waals surface area (Å²) in [5.74, 6) is 0. The minimum atomic E-state index is -0.935. The van der Waals surface area contributed by atoms with Crippen molar-refractivity contribution in [1.82, 2.24) is 15.1 Å². The zero-order valence-corrected chi connectivity index (χ0v) is 7.65. The highest BCUT2D eigenvalue weighted by molar-refractivity contribution is 5.74. The smallest absolute Gasteiger partial charge is 0.407 e. The Bertz CT molecular complexity index is 223. The summed E-state index contributed by atoms with van der Waals surface area (Å²) in [5.41, 5.74) is 0. The van der Waals surface area contributed by atoms with E-state index in [-0.39, 0.29) is 12.1 Å². The number of nitrogens with zero attached hydrogens (tertiary/aromatic N) is 2. The molecule has 0 bridgehead atoms. The Morgan fingerprint density at radius 1 is 1.46 bits per heavy atom. The van der Waals surface area contributed by atoms with Gasteiger partial charge in [0.2, 0.25) is 0 Å². The molecule has 1 rings (SSSR count). The van der Waals surface area contributed by atoms with Crippen molar-refractivity contribution in [1.29, 1.82) is 0 Å². The second-order valence-corrected chi connectivity index (χ2v) is 3.23. The summed E-state index contributed by atoms with van der Waals surface area (Å²) in [7, 11) is 3.28. The van der Waals surface area contributed by atoms with Crippen molar-refractivity contribution in [3.05, 3.63) is 0 Å². The number of amides is 3. The maximum Gasteiger partial charge on any atom is 0.407 e. The van der Waals surface area contributed by atoms with Gasteiger partial charge in [0.25, 0.3) is 0 Å². The van der Waals surface area contributed by atoms with Gasteiger partial charge in [0, 0.05) is 27.2 Å². The standard InChI is InChI=1S/C7H13N3O3/c1-9(2)6(11)8-5-3-10(4-5)7(12)13/h5H,3-4H2,1-2H3,(H,8,11)(H,12,13). The first kappa shape index (κ1) is 9.63. The van der Waals surface area contributed by atoms with Crippen LogP contribution in [0.1, 0.15) is 0 Å². The zero-order valence-electron chi connectivity index (χ0n) is 7.65. The molecular weight excluding hydrogens is 174 g/mol. The van der Waals surface area contributed by atoms with E-state index in [1.165, 1.54) is 9.80 Å². The number of nitrogens with one attached hydrogen (secondary N) is 1.